The second-order valence-electron chi connectivity index (χ2n) is 5.24. The molecule has 0 amide bonds. The van der Waals surface area contributed by atoms with Crippen molar-refractivity contribution in [3.05, 3.63) is 54.5 Å². The summed E-state index contributed by atoms with van der Waals surface area (Å²) in [5.74, 6) is -0.648. The van der Waals surface area contributed by atoms with Crippen molar-refractivity contribution in [3.8, 4) is 17.1 Å². The highest BCUT2D eigenvalue weighted by atomic mass is 16.4. The Hall–Kier alpha value is -3.68. The van der Waals surface area contributed by atoms with Crippen LogP contribution in [0.25, 0.3) is 28.0 Å². The summed E-state index contributed by atoms with van der Waals surface area (Å²) in [7, 11) is 0. The molecule has 0 saturated heterocycles. The largest absolute Gasteiger partial charge is 0.478 e. The van der Waals surface area contributed by atoms with Gasteiger partial charge in [0.2, 0.25) is 0 Å². The number of pyridine rings is 1. The number of fused-ring (bicyclic) bond motifs is 1. The van der Waals surface area contributed by atoms with Gasteiger partial charge in [0, 0.05) is 17.1 Å². The molecule has 0 unspecified atom stereocenters. The van der Waals surface area contributed by atoms with Crippen LogP contribution in [-0.4, -0.2) is 36.0 Å². The molecule has 1 aromatic carbocycles. The topological polar surface area (TPSA) is 123 Å². The fourth-order valence-electron chi connectivity index (χ4n) is 2.58. The van der Waals surface area contributed by atoms with Crippen molar-refractivity contribution in [2.75, 3.05) is 5.73 Å². The Labute approximate surface area is 135 Å². The fraction of sp³-hybridized carbons (Fsp3) is 0. The van der Waals surface area contributed by atoms with Crippen molar-refractivity contribution in [2.45, 2.75) is 0 Å². The second-order valence-corrected chi connectivity index (χ2v) is 5.24. The molecule has 24 heavy (non-hydrogen) atoms. The lowest BCUT2D eigenvalue weighted by molar-refractivity contribution is 0.0696. The normalized spacial score (nSPS) is 11.0. The van der Waals surface area contributed by atoms with Crippen LogP contribution in [0, 0.1) is 0 Å². The molecule has 0 spiro atoms. The van der Waals surface area contributed by atoms with Gasteiger partial charge in [-0.05, 0) is 18.2 Å². The molecule has 4 aromatic rings. The smallest absolute Gasteiger partial charge is 0.335 e. The first kappa shape index (κ1) is 13.9. The first-order valence-corrected chi connectivity index (χ1v) is 7.10. The summed E-state index contributed by atoms with van der Waals surface area (Å²) in [5.41, 5.74) is 9.00. The maximum absolute atomic E-state index is 11.2. The molecule has 4 rings (SSSR count). The van der Waals surface area contributed by atoms with Gasteiger partial charge >= 0.3 is 5.97 Å². The van der Waals surface area contributed by atoms with Crippen molar-refractivity contribution in [2.24, 2.45) is 0 Å². The molecule has 0 bridgehead atoms. The molecule has 0 aliphatic rings. The van der Waals surface area contributed by atoms with Crippen molar-refractivity contribution >= 4 is 22.6 Å². The van der Waals surface area contributed by atoms with E-state index >= 15 is 0 Å². The van der Waals surface area contributed by atoms with Gasteiger partial charge in [0.05, 0.1) is 34.9 Å². The molecule has 0 aliphatic heterocycles. The number of hydrogen-bond donors (Lipinski definition) is 3. The van der Waals surface area contributed by atoms with Crippen molar-refractivity contribution in [1.29, 1.82) is 0 Å². The minimum atomic E-state index is -1.03. The average molecular weight is 320 g/mol. The van der Waals surface area contributed by atoms with Gasteiger partial charge in [0.15, 0.2) is 5.82 Å². The molecule has 118 valence electrons. The highest BCUT2D eigenvalue weighted by Crippen LogP contribution is 2.29. The lowest BCUT2D eigenvalue weighted by atomic mass is 10.1. The quantitative estimate of drug-likeness (QED) is 0.531. The Balaban J connectivity index is 1.90. The molecule has 0 aliphatic carbocycles. The summed E-state index contributed by atoms with van der Waals surface area (Å²) in [4.78, 5) is 15.4. The second kappa shape index (κ2) is 5.20. The summed E-state index contributed by atoms with van der Waals surface area (Å²) in [6.07, 6.45) is 4.68. The van der Waals surface area contributed by atoms with E-state index in [9.17, 15) is 4.79 Å². The number of carbonyl (C=O) groups is 1. The van der Waals surface area contributed by atoms with Crippen molar-refractivity contribution in [3.63, 3.8) is 0 Å². The van der Waals surface area contributed by atoms with Crippen LogP contribution in [-0.2, 0) is 0 Å². The number of anilines is 1. The van der Waals surface area contributed by atoms with Crippen LogP contribution in [0.3, 0.4) is 0 Å². The highest BCUT2D eigenvalue weighted by molar-refractivity contribution is 5.88. The molecule has 3 aromatic heterocycles. The van der Waals surface area contributed by atoms with E-state index < -0.39 is 5.97 Å². The number of hydrogen-bond acceptors (Lipinski definition) is 5. The molecule has 0 radical (unpaired) electrons. The van der Waals surface area contributed by atoms with E-state index in [0.717, 1.165) is 16.5 Å². The maximum Gasteiger partial charge on any atom is 0.335 e. The number of nitrogen functional groups attached to an aromatic ring is 1. The van der Waals surface area contributed by atoms with Crippen molar-refractivity contribution in [1.82, 2.24) is 25.0 Å². The summed E-state index contributed by atoms with van der Waals surface area (Å²) in [5, 5.41) is 21.3. The lowest BCUT2D eigenvalue weighted by Gasteiger charge is -2.08. The van der Waals surface area contributed by atoms with Crippen LogP contribution < -0.4 is 5.73 Å². The van der Waals surface area contributed by atoms with Crippen LogP contribution in [0.15, 0.2) is 48.9 Å². The minimum absolute atomic E-state index is 0.129. The molecule has 4 N–H and O–H groups in total. The predicted molar refractivity (Wildman–Crippen MR) is 87.8 cm³/mol. The molecule has 0 saturated carbocycles. The lowest BCUT2D eigenvalue weighted by Crippen LogP contribution is -2.05. The maximum atomic E-state index is 11.2. The number of aromatic nitrogens is 5. The van der Waals surface area contributed by atoms with E-state index in [1.165, 1.54) is 29.2 Å². The molecule has 0 atom stereocenters. The average Bonchev–Trinajstić information content (AvgIpc) is 3.20. The van der Waals surface area contributed by atoms with Gasteiger partial charge in [0.25, 0.3) is 0 Å². The number of aromatic carboxylic acids is 1. The van der Waals surface area contributed by atoms with Gasteiger partial charge in [-0.2, -0.15) is 10.2 Å². The predicted octanol–water partition coefficient (Wildman–Crippen LogP) is 2.09. The van der Waals surface area contributed by atoms with E-state index in [1.807, 2.05) is 18.2 Å². The standard InChI is InChI=1S/C16H12N6O2/c17-12-8-20-22(14-6-10(16(23)24)3-4-18-14)15(12)9-1-2-11-7-19-21-13(11)5-9/h1-8H,17H2,(H,19,21)(H,23,24). The Morgan fingerprint density at radius 3 is 2.92 bits per heavy atom. The number of aromatic amines is 1. The Morgan fingerprint density at radius 2 is 2.08 bits per heavy atom. The number of nitrogens with two attached hydrogens (primary N) is 1. The van der Waals surface area contributed by atoms with E-state index in [2.05, 4.69) is 20.3 Å². The van der Waals surface area contributed by atoms with Gasteiger partial charge in [0.1, 0.15) is 0 Å². The van der Waals surface area contributed by atoms with Crippen LogP contribution in [0.5, 0.6) is 0 Å². The Morgan fingerprint density at radius 1 is 1.21 bits per heavy atom. The highest BCUT2D eigenvalue weighted by Gasteiger charge is 2.15. The summed E-state index contributed by atoms with van der Waals surface area (Å²) >= 11 is 0. The third kappa shape index (κ3) is 2.17. The van der Waals surface area contributed by atoms with Crippen molar-refractivity contribution < 1.29 is 9.90 Å². The van der Waals surface area contributed by atoms with E-state index in [4.69, 9.17) is 10.8 Å². The molecular formula is C16H12N6O2. The molecule has 8 heteroatoms. The Bertz CT molecular complexity index is 1070. The van der Waals surface area contributed by atoms with Gasteiger partial charge in [-0.25, -0.2) is 14.5 Å². The van der Waals surface area contributed by atoms with Gasteiger partial charge in [-0.1, -0.05) is 12.1 Å². The molecule has 3 heterocycles. The first-order valence-electron chi connectivity index (χ1n) is 7.10. The monoisotopic (exact) mass is 320 g/mol. The number of H-pyrrole nitrogens is 1. The number of nitrogens with zero attached hydrogens (tertiary/aromatic N) is 4. The SMILES string of the molecule is Nc1cnn(-c2cc(C(=O)O)ccn2)c1-c1ccc2cn[nH]c2c1. The third-order valence-corrected chi connectivity index (χ3v) is 3.72. The fourth-order valence-corrected chi connectivity index (χ4v) is 2.58. The van der Waals surface area contributed by atoms with E-state index in [1.54, 1.807) is 6.20 Å². The summed E-state index contributed by atoms with van der Waals surface area (Å²) in [6, 6.07) is 8.62. The van der Waals surface area contributed by atoms with E-state index in [0.29, 0.717) is 17.2 Å². The molecule has 8 nitrogen and oxygen atoms in total. The molecule has 0 fully saturated rings. The summed E-state index contributed by atoms with van der Waals surface area (Å²) < 4.78 is 1.53. The Kier molecular flexibility index (Phi) is 3.02. The minimum Gasteiger partial charge on any atom is -0.478 e. The van der Waals surface area contributed by atoms with Gasteiger partial charge in [-0.15, -0.1) is 0 Å². The number of carboxylic acids is 1. The zero-order chi connectivity index (χ0) is 16.7. The zero-order valence-electron chi connectivity index (χ0n) is 12.3. The molecular weight excluding hydrogens is 308 g/mol. The number of carboxylic acid groups (broad SMARTS) is 1. The van der Waals surface area contributed by atoms with Crippen LogP contribution in [0.2, 0.25) is 0 Å². The van der Waals surface area contributed by atoms with Crippen LogP contribution in [0.4, 0.5) is 5.69 Å². The number of benzene rings is 1. The third-order valence-electron chi connectivity index (χ3n) is 3.72. The summed E-state index contributed by atoms with van der Waals surface area (Å²) in [6.45, 7) is 0. The first-order chi connectivity index (χ1) is 11.6. The van der Waals surface area contributed by atoms with Gasteiger partial charge < -0.3 is 10.8 Å². The van der Waals surface area contributed by atoms with Crippen LogP contribution in [0.1, 0.15) is 10.4 Å². The van der Waals surface area contributed by atoms with Gasteiger partial charge in [-0.3, -0.25) is 5.10 Å². The van der Waals surface area contributed by atoms with E-state index in [-0.39, 0.29) is 5.56 Å². The zero-order valence-corrected chi connectivity index (χ0v) is 12.3. The van der Waals surface area contributed by atoms with Crippen LogP contribution >= 0.6 is 0 Å². The number of rotatable bonds is 3. The number of nitrogens with one attached hydrogen (secondary N) is 1.